The fraction of sp³-hybridized carbons (Fsp3) is 0.419. The van der Waals surface area contributed by atoms with E-state index < -0.39 is 10.0 Å². The largest absolute Gasteiger partial charge is 0.484 e. The monoisotopic (exact) mass is 560 g/mol. The highest BCUT2D eigenvalue weighted by Crippen LogP contribution is 2.35. The first-order chi connectivity index (χ1) is 18.9. The van der Waals surface area contributed by atoms with Gasteiger partial charge in [0.05, 0.1) is 29.9 Å². The summed E-state index contributed by atoms with van der Waals surface area (Å²) >= 11 is 0. The fourth-order valence-electron chi connectivity index (χ4n) is 4.57. The second-order valence-corrected chi connectivity index (χ2v) is 15.8. The molecule has 3 heterocycles. The standard InChI is InChI=1S/C31H40N6O2S/c1-21-9-10-28(24(4)39-30-14-22(2)18-33-23(30)3)29(13-21)31-25(19-34-36(31)5)15-26-16-27(17-32)37(35-26)20-38-11-12-40(6,7)8/h9-10,13-14,16,18-19,24H,11-12,15,20H2,1-8H3. The molecule has 0 radical (unpaired) electrons. The van der Waals surface area contributed by atoms with Crippen molar-refractivity contribution in [1.29, 1.82) is 5.26 Å². The van der Waals surface area contributed by atoms with E-state index in [0.717, 1.165) is 56.4 Å². The number of pyridine rings is 1. The maximum absolute atomic E-state index is 9.71. The minimum Gasteiger partial charge on any atom is -0.484 e. The normalized spacial score (nSPS) is 12.8. The van der Waals surface area contributed by atoms with Gasteiger partial charge in [-0.05, 0) is 70.2 Å². The van der Waals surface area contributed by atoms with E-state index in [1.807, 2.05) is 50.1 Å². The van der Waals surface area contributed by atoms with E-state index in [2.05, 4.69) is 67.0 Å². The highest BCUT2D eigenvalue weighted by atomic mass is 32.3. The van der Waals surface area contributed by atoms with E-state index in [-0.39, 0.29) is 12.8 Å². The van der Waals surface area contributed by atoms with Gasteiger partial charge in [-0.3, -0.25) is 9.67 Å². The van der Waals surface area contributed by atoms with Crippen molar-refractivity contribution in [2.75, 3.05) is 31.1 Å². The van der Waals surface area contributed by atoms with Gasteiger partial charge in [0.1, 0.15) is 30.3 Å². The fourth-order valence-corrected chi connectivity index (χ4v) is 5.19. The van der Waals surface area contributed by atoms with Crippen LogP contribution in [0, 0.1) is 32.1 Å². The first kappa shape index (κ1) is 29.4. The summed E-state index contributed by atoms with van der Waals surface area (Å²) in [6.45, 7) is 9.05. The van der Waals surface area contributed by atoms with Gasteiger partial charge < -0.3 is 9.47 Å². The summed E-state index contributed by atoms with van der Waals surface area (Å²) in [5.74, 6) is 1.80. The maximum atomic E-state index is 9.71. The Kier molecular flexibility index (Phi) is 9.02. The van der Waals surface area contributed by atoms with Crippen LogP contribution in [0.15, 0.2) is 42.7 Å². The smallest absolute Gasteiger partial charge is 0.141 e. The number of aromatic nitrogens is 5. The molecule has 9 heteroatoms. The van der Waals surface area contributed by atoms with Gasteiger partial charge in [0.2, 0.25) is 0 Å². The first-order valence-corrected chi connectivity index (χ1v) is 16.4. The van der Waals surface area contributed by atoms with E-state index >= 15 is 0 Å². The molecule has 1 unspecified atom stereocenters. The van der Waals surface area contributed by atoms with E-state index in [1.54, 1.807) is 4.68 Å². The van der Waals surface area contributed by atoms with Crippen LogP contribution in [-0.2, 0) is 24.9 Å². The van der Waals surface area contributed by atoms with Crippen molar-refractivity contribution in [2.45, 2.75) is 47.0 Å². The molecule has 0 aliphatic rings. The Hall–Kier alpha value is -3.61. The summed E-state index contributed by atoms with van der Waals surface area (Å²) in [6.07, 6.45) is 10.9. The molecule has 0 amide bonds. The number of benzene rings is 1. The van der Waals surface area contributed by atoms with Crippen LogP contribution in [0.5, 0.6) is 5.75 Å². The van der Waals surface area contributed by atoms with Crippen molar-refractivity contribution in [1.82, 2.24) is 24.5 Å². The molecular weight excluding hydrogens is 520 g/mol. The molecule has 4 rings (SSSR count). The van der Waals surface area contributed by atoms with Gasteiger partial charge in [0.25, 0.3) is 0 Å². The van der Waals surface area contributed by atoms with Crippen molar-refractivity contribution in [3.05, 3.63) is 82.1 Å². The van der Waals surface area contributed by atoms with Crippen molar-refractivity contribution in [2.24, 2.45) is 7.05 Å². The molecule has 0 saturated heterocycles. The Morgan fingerprint density at radius 2 is 1.82 bits per heavy atom. The third kappa shape index (κ3) is 7.12. The van der Waals surface area contributed by atoms with Gasteiger partial charge in [-0.2, -0.15) is 15.5 Å². The Morgan fingerprint density at radius 3 is 2.55 bits per heavy atom. The van der Waals surface area contributed by atoms with Crippen molar-refractivity contribution >= 4 is 10.0 Å². The Morgan fingerprint density at radius 1 is 1.05 bits per heavy atom. The molecule has 0 bridgehead atoms. The molecule has 1 atom stereocenters. The Labute approximate surface area is 239 Å². The molecule has 4 aromatic rings. The van der Waals surface area contributed by atoms with E-state index in [0.29, 0.717) is 18.7 Å². The van der Waals surface area contributed by atoms with Gasteiger partial charge >= 0.3 is 0 Å². The first-order valence-electron chi connectivity index (χ1n) is 13.4. The van der Waals surface area contributed by atoms with Gasteiger partial charge in [-0.15, -0.1) is 0 Å². The zero-order valence-electron chi connectivity index (χ0n) is 24.9. The van der Waals surface area contributed by atoms with Crippen molar-refractivity contribution in [3.8, 4) is 23.1 Å². The van der Waals surface area contributed by atoms with Crippen LogP contribution >= 0.6 is 10.0 Å². The maximum Gasteiger partial charge on any atom is 0.141 e. The van der Waals surface area contributed by atoms with Crippen LogP contribution in [-0.4, -0.2) is 55.7 Å². The van der Waals surface area contributed by atoms with Crippen LogP contribution in [0.3, 0.4) is 0 Å². The lowest BCUT2D eigenvalue weighted by molar-refractivity contribution is 0.0800. The predicted molar refractivity (Wildman–Crippen MR) is 162 cm³/mol. The minimum absolute atomic E-state index is 0.211. The summed E-state index contributed by atoms with van der Waals surface area (Å²) in [6, 6.07) is 12.5. The van der Waals surface area contributed by atoms with E-state index in [4.69, 9.17) is 14.6 Å². The molecule has 0 aliphatic heterocycles. The number of nitriles is 1. The molecule has 3 aromatic heterocycles. The van der Waals surface area contributed by atoms with Crippen molar-refractivity contribution < 1.29 is 9.47 Å². The summed E-state index contributed by atoms with van der Waals surface area (Å²) in [4.78, 5) is 4.46. The second kappa shape index (κ2) is 12.3. The van der Waals surface area contributed by atoms with Gasteiger partial charge in [0, 0.05) is 42.1 Å². The summed E-state index contributed by atoms with van der Waals surface area (Å²) in [5.41, 5.74) is 8.52. The van der Waals surface area contributed by atoms with Crippen LogP contribution in [0.4, 0.5) is 0 Å². The Bertz CT molecular complexity index is 1530. The number of aryl methyl sites for hydroxylation is 4. The van der Waals surface area contributed by atoms with E-state index in [1.165, 1.54) is 0 Å². The molecule has 1 aromatic carbocycles. The average Bonchev–Trinajstić information content (AvgIpc) is 3.45. The lowest BCUT2D eigenvalue weighted by Gasteiger charge is -2.24. The highest BCUT2D eigenvalue weighted by molar-refractivity contribution is 8.32. The number of ether oxygens (including phenoxy) is 2. The molecule has 8 nitrogen and oxygen atoms in total. The molecule has 212 valence electrons. The molecule has 40 heavy (non-hydrogen) atoms. The lowest BCUT2D eigenvalue weighted by Crippen LogP contribution is -2.12. The molecule has 0 N–H and O–H groups in total. The van der Waals surface area contributed by atoms with Gasteiger partial charge in [-0.1, -0.05) is 17.7 Å². The van der Waals surface area contributed by atoms with Crippen molar-refractivity contribution in [3.63, 3.8) is 0 Å². The quantitative estimate of drug-likeness (QED) is 0.213. The summed E-state index contributed by atoms with van der Waals surface area (Å²) in [7, 11) is 1.32. The van der Waals surface area contributed by atoms with Crippen LogP contribution in [0.1, 0.15) is 52.4 Å². The topological polar surface area (TPSA) is 90.8 Å². The zero-order chi connectivity index (χ0) is 29.0. The average molecular weight is 561 g/mol. The van der Waals surface area contributed by atoms with Crippen LogP contribution in [0.25, 0.3) is 11.3 Å². The summed E-state index contributed by atoms with van der Waals surface area (Å²) in [5, 5.41) is 19.0. The predicted octanol–water partition coefficient (Wildman–Crippen LogP) is 5.87. The van der Waals surface area contributed by atoms with Gasteiger partial charge in [0.15, 0.2) is 0 Å². The lowest BCUT2D eigenvalue weighted by atomic mass is 9.95. The Balaban J connectivity index is 1.61. The third-order valence-corrected chi connectivity index (χ3v) is 8.16. The second-order valence-electron chi connectivity index (χ2n) is 11.2. The molecule has 0 fully saturated rings. The third-order valence-electron chi connectivity index (χ3n) is 6.77. The molecule has 0 saturated carbocycles. The summed E-state index contributed by atoms with van der Waals surface area (Å²) < 4.78 is 15.8. The van der Waals surface area contributed by atoms with Crippen LogP contribution < -0.4 is 4.74 Å². The number of nitrogens with zero attached hydrogens (tertiary/aromatic N) is 6. The SMILES string of the molecule is Cc1cnc(C)c(OC(C)c2ccc(C)cc2-c2c(Cc3cc(C#N)n(COCCS(C)(C)C)n3)cnn2C)c1. The number of hydrogen-bond acceptors (Lipinski definition) is 6. The molecule has 0 aliphatic carbocycles. The molecular formula is C31H40N6O2S. The molecule has 0 spiro atoms. The number of rotatable bonds is 11. The zero-order valence-corrected chi connectivity index (χ0v) is 25.7. The minimum atomic E-state index is -0.634. The highest BCUT2D eigenvalue weighted by Gasteiger charge is 2.21. The van der Waals surface area contributed by atoms with E-state index in [9.17, 15) is 5.26 Å². The van der Waals surface area contributed by atoms with Crippen LogP contribution in [0.2, 0.25) is 0 Å². The number of hydrogen-bond donors (Lipinski definition) is 0. The van der Waals surface area contributed by atoms with Gasteiger partial charge in [-0.25, -0.2) is 14.7 Å².